The molecule has 2 aromatic rings. The van der Waals surface area contributed by atoms with E-state index in [1.54, 1.807) is 6.26 Å². The molecule has 0 aliphatic rings. The normalized spacial score (nSPS) is 11.2. The van der Waals surface area contributed by atoms with Gasteiger partial charge in [-0.3, -0.25) is 4.90 Å². The van der Waals surface area contributed by atoms with Crippen LogP contribution in [0.2, 0.25) is 5.02 Å². The molecule has 0 amide bonds. The number of rotatable bonds is 8. The highest BCUT2D eigenvalue weighted by molar-refractivity contribution is 6.30. The molecule has 1 N–H and O–H groups in total. The molecule has 3 nitrogen and oxygen atoms in total. The largest absolute Gasteiger partial charge is 0.468 e. The standard InChI is InChI=1S/C17H23ClN2O/c1-3-8-19-11-17-15(7-9-21-17)13-20(2)12-14-5-4-6-16(18)10-14/h4-7,9-10,19H,3,8,11-13H2,1-2H3. The first-order valence-corrected chi connectivity index (χ1v) is 7.75. The van der Waals surface area contributed by atoms with Crippen LogP contribution in [-0.2, 0) is 19.6 Å². The summed E-state index contributed by atoms with van der Waals surface area (Å²) < 4.78 is 5.57. The summed E-state index contributed by atoms with van der Waals surface area (Å²) in [5.41, 5.74) is 2.46. The molecule has 1 heterocycles. The lowest BCUT2D eigenvalue weighted by atomic mass is 10.2. The molecular formula is C17H23ClN2O. The zero-order chi connectivity index (χ0) is 15.1. The zero-order valence-electron chi connectivity index (χ0n) is 12.7. The third-order valence-corrected chi connectivity index (χ3v) is 3.57. The Balaban J connectivity index is 1.90. The molecule has 1 aromatic heterocycles. The first kappa shape index (κ1) is 16.1. The molecule has 114 valence electrons. The van der Waals surface area contributed by atoms with Crippen LogP contribution < -0.4 is 5.32 Å². The quantitative estimate of drug-likeness (QED) is 0.745. The van der Waals surface area contributed by atoms with Gasteiger partial charge in [-0.05, 0) is 43.8 Å². The maximum Gasteiger partial charge on any atom is 0.122 e. The van der Waals surface area contributed by atoms with E-state index in [1.165, 1.54) is 11.1 Å². The van der Waals surface area contributed by atoms with E-state index in [0.717, 1.165) is 43.4 Å². The minimum atomic E-state index is 0.786. The van der Waals surface area contributed by atoms with Crippen molar-refractivity contribution < 1.29 is 4.42 Å². The molecule has 0 aliphatic heterocycles. The third-order valence-electron chi connectivity index (χ3n) is 3.33. The van der Waals surface area contributed by atoms with Crippen molar-refractivity contribution in [3.63, 3.8) is 0 Å². The van der Waals surface area contributed by atoms with Crippen molar-refractivity contribution in [3.8, 4) is 0 Å². The van der Waals surface area contributed by atoms with Crippen LogP contribution in [0, 0.1) is 0 Å². The monoisotopic (exact) mass is 306 g/mol. The van der Waals surface area contributed by atoms with E-state index in [4.69, 9.17) is 16.0 Å². The van der Waals surface area contributed by atoms with E-state index < -0.39 is 0 Å². The number of hydrogen-bond donors (Lipinski definition) is 1. The molecule has 1 aromatic carbocycles. The van der Waals surface area contributed by atoms with Gasteiger partial charge in [0.05, 0.1) is 12.8 Å². The summed E-state index contributed by atoms with van der Waals surface area (Å²) in [6, 6.07) is 10.1. The van der Waals surface area contributed by atoms with Crippen LogP contribution in [0.15, 0.2) is 41.0 Å². The van der Waals surface area contributed by atoms with Gasteiger partial charge >= 0.3 is 0 Å². The summed E-state index contributed by atoms with van der Waals surface area (Å²) in [7, 11) is 2.11. The first-order chi connectivity index (χ1) is 10.2. The summed E-state index contributed by atoms with van der Waals surface area (Å²) in [6.45, 7) is 5.70. The Hall–Kier alpha value is -1.29. The van der Waals surface area contributed by atoms with E-state index in [1.807, 2.05) is 18.2 Å². The summed E-state index contributed by atoms with van der Waals surface area (Å²) in [4.78, 5) is 2.26. The number of nitrogens with zero attached hydrogens (tertiary/aromatic N) is 1. The lowest BCUT2D eigenvalue weighted by molar-refractivity contribution is 0.314. The number of nitrogens with one attached hydrogen (secondary N) is 1. The zero-order valence-corrected chi connectivity index (χ0v) is 13.5. The van der Waals surface area contributed by atoms with Gasteiger partial charge in [0.2, 0.25) is 0 Å². The van der Waals surface area contributed by atoms with Crippen LogP contribution in [0.5, 0.6) is 0 Å². The van der Waals surface area contributed by atoms with Crippen molar-refractivity contribution in [2.75, 3.05) is 13.6 Å². The van der Waals surface area contributed by atoms with E-state index in [-0.39, 0.29) is 0 Å². The fourth-order valence-electron chi connectivity index (χ4n) is 2.34. The van der Waals surface area contributed by atoms with Crippen molar-refractivity contribution in [3.05, 3.63) is 58.5 Å². The van der Waals surface area contributed by atoms with Gasteiger partial charge in [0, 0.05) is 23.7 Å². The summed E-state index contributed by atoms with van der Waals surface area (Å²) in [5.74, 6) is 1.03. The SMILES string of the molecule is CCCNCc1occc1CN(C)Cc1cccc(Cl)c1. The second-order valence-electron chi connectivity index (χ2n) is 5.35. The molecule has 0 bridgehead atoms. The number of hydrogen-bond acceptors (Lipinski definition) is 3. The first-order valence-electron chi connectivity index (χ1n) is 7.38. The second kappa shape index (κ2) is 8.23. The Labute approximate surface area is 131 Å². The molecule has 0 radical (unpaired) electrons. The highest BCUT2D eigenvalue weighted by Gasteiger charge is 2.09. The maximum atomic E-state index is 6.03. The van der Waals surface area contributed by atoms with E-state index in [9.17, 15) is 0 Å². The lowest BCUT2D eigenvalue weighted by Gasteiger charge is -2.17. The molecule has 21 heavy (non-hydrogen) atoms. The lowest BCUT2D eigenvalue weighted by Crippen LogP contribution is -2.19. The van der Waals surface area contributed by atoms with Gasteiger partial charge in [0.25, 0.3) is 0 Å². The summed E-state index contributed by atoms with van der Waals surface area (Å²) in [5, 5.41) is 4.16. The Kier molecular flexibility index (Phi) is 6.30. The van der Waals surface area contributed by atoms with Crippen molar-refractivity contribution in [1.82, 2.24) is 10.2 Å². The Morgan fingerprint density at radius 1 is 1.24 bits per heavy atom. The predicted octanol–water partition coefficient (Wildman–Crippen LogP) is 4.06. The molecule has 0 saturated heterocycles. The number of halogens is 1. The van der Waals surface area contributed by atoms with Gasteiger partial charge < -0.3 is 9.73 Å². The predicted molar refractivity (Wildman–Crippen MR) is 87.3 cm³/mol. The molecule has 0 aliphatic carbocycles. The van der Waals surface area contributed by atoms with Gasteiger partial charge in [-0.1, -0.05) is 30.7 Å². The van der Waals surface area contributed by atoms with Crippen molar-refractivity contribution >= 4 is 11.6 Å². The minimum absolute atomic E-state index is 0.786. The van der Waals surface area contributed by atoms with Crippen LogP contribution >= 0.6 is 11.6 Å². The third kappa shape index (κ3) is 5.20. The van der Waals surface area contributed by atoms with E-state index in [2.05, 4.69) is 36.3 Å². The van der Waals surface area contributed by atoms with Crippen molar-refractivity contribution in [1.29, 1.82) is 0 Å². The molecule has 0 atom stereocenters. The van der Waals surface area contributed by atoms with Gasteiger partial charge in [0.1, 0.15) is 5.76 Å². The number of benzene rings is 1. The van der Waals surface area contributed by atoms with Gasteiger partial charge in [-0.25, -0.2) is 0 Å². The molecule has 2 rings (SSSR count). The van der Waals surface area contributed by atoms with Crippen molar-refractivity contribution in [2.45, 2.75) is 33.0 Å². The Bertz CT molecular complexity index is 553. The van der Waals surface area contributed by atoms with E-state index in [0.29, 0.717) is 0 Å². The average Bonchev–Trinajstić information content (AvgIpc) is 2.86. The van der Waals surface area contributed by atoms with Crippen LogP contribution in [0.1, 0.15) is 30.2 Å². The van der Waals surface area contributed by atoms with Crippen LogP contribution in [0.4, 0.5) is 0 Å². The van der Waals surface area contributed by atoms with Gasteiger partial charge in [0.15, 0.2) is 0 Å². The molecule has 0 spiro atoms. The molecular weight excluding hydrogens is 284 g/mol. The summed E-state index contributed by atoms with van der Waals surface area (Å²) >= 11 is 6.03. The van der Waals surface area contributed by atoms with Crippen molar-refractivity contribution in [2.24, 2.45) is 0 Å². The van der Waals surface area contributed by atoms with Crippen LogP contribution in [0.25, 0.3) is 0 Å². The molecule has 4 heteroatoms. The summed E-state index contributed by atoms with van der Waals surface area (Å²) in [6.07, 6.45) is 2.90. The second-order valence-corrected chi connectivity index (χ2v) is 5.78. The fourth-order valence-corrected chi connectivity index (χ4v) is 2.55. The van der Waals surface area contributed by atoms with Gasteiger partial charge in [-0.2, -0.15) is 0 Å². The van der Waals surface area contributed by atoms with Gasteiger partial charge in [-0.15, -0.1) is 0 Å². The molecule has 0 saturated carbocycles. The van der Waals surface area contributed by atoms with E-state index >= 15 is 0 Å². The fraction of sp³-hybridized carbons (Fsp3) is 0.412. The number of furan rings is 1. The highest BCUT2D eigenvalue weighted by Crippen LogP contribution is 2.16. The molecule has 0 fully saturated rings. The van der Waals surface area contributed by atoms with Crippen LogP contribution in [0.3, 0.4) is 0 Å². The Morgan fingerprint density at radius 3 is 2.86 bits per heavy atom. The average molecular weight is 307 g/mol. The molecule has 0 unspecified atom stereocenters. The maximum absolute atomic E-state index is 6.03. The smallest absolute Gasteiger partial charge is 0.122 e. The van der Waals surface area contributed by atoms with Crippen LogP contribution in [-0.4, -0.2) is 18.5 Å². The Morgan fingerprint density at radius 2 is 2.10 bits per heavy atom. The minimum Gasteiger partial charge on any atom is -0.468 e. The highest BCUT2D eigenvalue weighted by atomic mass is 35.5. The topological polar surface area (TPSA) is 28.4 Å².